The lowest BCUT2D eigenvalue weighted by atomic mass is 9.97. The molecule has 0 saturated carbocycles. The molecule has 0 radical (unpaired) electrons. The maximum Gasteiger partial charge on any atom is 0.270 e. The number of aliphatic hydroxyl groups is 2. The molecular weight excluding hydrogens is 306 g/mol. The van der Waals surface area contributed by atoms with E-state index in [4.69, 9.17) is 0 Å². The molecule has 0 saturated heterocycles. The molecule has 0 heterocycles. The molecule has 18 heavy (non-hydrogen) atoms. The molecule has 2 N–H and O–H groups in total. The Morgan fingerprint density at radius 1 is 1.44 bits per heavy atom. The van der Waals surface area contributed by atoms with Gasteiger partial charge in [-0.2, -0.15) is 0 Å². The van der Waals surface area contributed by atoms with E-state index in [0.29, 0.717) is 18.0 Å². The van der Waals surface area contributed by atoms with Crippen molar-refractivity contribution in [2.75, 3.05) is 5.33 Å². The molecule has 0 aromatic heterocycles. The van der Waals surface area contributed by atoms with Gasteiger partial charge in [0.2, 0.25) is 0 Å². The number of halogens is 1. The first-order chi connectivity index (χ1) is 8.51. The largest absolute Gasteiger partial charge is 0.390 e. The highest BCUT2D eigenvalue weighted by molar-refractivity contribution is 9.09. The number of rotatable bonds is 6. The van der Waals surface area contributed by atoms with Crippen LogP contribution in [0, 0.1) is 10.1 Å². The Kier molecular flexibility index (Phi) is 5.39. The van der Waals surface area contributed by atoms with Crippen molar-refractivity contribution < 1.29 is 19.9 Å². The summed E-state index contributed by atoms with van der Waals surface area (Å²) in [5.74, 6) is 0. The molecule has 2 atom stereocenters. The first kappa shape index (κ1) is 14.7. The maximum atomic E-state index is 10.9. The van der Waals surface area contributed by atoms with Gasteiger partial charge in [-0.3, -0.25) is 14.9 Å². The average molecular weight is 318 g/mol. The van der Waals surface area contributed by atoms with Crippen LogP contribution in [0.25, 0.3) is 0 Å². The first-order valence-corrected chi connectivity index (χ1v) is 6.29. The van der Waals surface area contributed by atoms with E-state index in [0.717, 1.165) is 6.07 Å². The summed E-state index contributed by atoms with van der Waals surface area (Å²) in [6.07, 6.45) is -1.56. The van der Waals surface area contributed by atoms with Crippen LogP contribution in [0.15, 0.2) is 18.2 Å². The summed E-state index contributed by atoms with van der Waals surface area (Å²) < 4.78 is 0. The third kappa shape index (κ3) is 3.34. The van der Waals surface area contributed by atoms with Gasteiger partial charge in [-0.15, -0.1) is 0 Å². The zero-order valence-corrected chi connectivity index (χ0v) is 10.9. The number of non-ortho nitro benzene ring substituents is 1. The predicted octanol–water partition coefficient (Wildman–Crippen LogP) is 1.59. The van der Waals surface area contributed by atoms with Crippen molar-refractivity contribution in [3.05, 3.63) is 39.4 Å². The fraction of sp³-hybridized carbons (Fsp3) is 0.364. The number of alkyl halides is 1. The summed E-state index contributed by atoms with van der Waals surface area (Å²) in [6.45, 7) is 0. The van der Waals surface area contributed by atoms with Crippen LogP contribution in [0.1, 0.15) is 28.4 Å². The molecule has 98 valence electrons. The Hall–Kier alpha value is -1.31. The Bertz CT molecular complexity index is 451. The number of nitrogens with zero attached hydrogens (tertiary/aromatic N) is 1. The van der Waals surface area contributed by atoms with Crippen LogP contribution in [0.3, 0.4) is 0 Å². The molecule has 0 aliphatic rings. The van der Waals surface area contributed by atoms with E-state index < -0.39 is 17.1 Å². The van der Waals surface area contributed by atoms with Crippen LogP contribution in [0.4, 0.5) is 5.69 Å². The fourth-order valence-corrected chi connectivity index (χ4v) is 1.99. The summed E-state index contributed by atoms with van der Waals surface area (Å²) >= 11 is 3.13. The van der Waals surface area contributed by atoms with Gasteiger partial charge in [-0.25, -0.2) is 0 Å². The lowest BCUT2D eigenvalue weighted by Crippen LogP contribution is -2.20. The standard InChI is InChI=1S/C11H12BrNO5/c12-4-3-10(15)11(16)9-2-1-8(13(17)18)5-7(9)6-14/h1-2,5-6,10-11,15-16H,3-4H2. The molecule has 0 aliphatic heterocycles. The highest BCUT2D eigenvalue weighted by atomic mass is 79.9. The van der Waals surface area contributed by atoms with Crippen molar-refractivity contribution in [3.63, 3.8) is 0 Å². The molecule has 1 rings (SSSR count). The van der Waals surface area contributed by atoms with Crippen LogP contribution in [-0.4, -0.2) is 32.9 Å². The fourth-order valence-electron chi connectivity index (χ4n) is 1.52. The van der Waals surface area contributed by atoms with E-state index in [9.17, 15) is 25.1 Å². The second-order valence-corrected chi connectivity index (χ2v) is 4.47. The summed E-state index contributed by atoms with van der Waals surface area (Å²) in [6, 6.07) is 3.54. The van der Waals surface area contributed by atoms with Crippen molar-refractivity contribution in [1.82, 2.24) is 0 Å². The van der Waals surface area contributed by atoms with E-state index in [2.05, 4.69) is 15.9 Å². The van der Waals surface area contributed by atoms with Gasteiger partial charge in [0.1, 0.15) is 6.10 Å². The second-order valence-electron chi connectivity index (χ2n) is 3.68. The van der Waals surface area contributed by atoms with Gasteiger partial charge in [0, 0.05) is 23.0 Å². The first-order valence-electron chi connectivity index (χ1n) is 5.17. The van der Waals surface area contributed by atoms with Crippen LogP contribution < -0.4 is 0 Å². The third-order valence-corrected chi connectivity index (χ3v) is 2.95. The summed E-state index contributed by atoms with van der Waals surface area (Å²) in [7, 11) is 0. The number of carbonyl (C=O) groups excluding carboxylic acids is 1. The van der Waals surface area contributed by atoms with Crippen LogP contribution >= 0.6 is 15.9 Å². The molecule has 7 heteroatoms. The molecular formula is C11H12BrNO5. The Labute approximate surface area is 112 Å². The van der Waals surface area contributed by atoms with Crippen molar-refractivity contribution >= 4 is 27.9 Å². The Balaban J connectivity index is 3.08. The number of nitro groups is 1. The van der Waals surface area contributed by atoms with Crippen LogP contribution in [0.2, 0.25) is 0 Å². The molecule has 1 aromatic rings. The van der Waals surface area contributed by atoms with E-state index >= 15 is 0 Å². The van der Waals surface area contributed by atoms with Crippen molar-refractivity contribution in [2.45, 2.75) is 18.6 Å². The summed E-state index contributed by atoms with van der Waals surface area (Å²) in [5.41, 5.74) is -0.0441. The van der Waals surface area contributed by atoms with Gasteiger partial charge in [0.05, 0.1) is 11.0 Å². The normalized spacial score (nSPS) is 13.9. The number of aldehydes is 1. The monoisotopic (exact) mass is 317 g/mol. The number of carbonyl (C=O) groups is 1. The van der Waals surface area contributed by atoms with Crippen molar-refractivity contribution in [1.29, 1.82) is 0 Å². The van der Waals surface area contributed by atoms with E-state index in [1.54, 1.807) is 0 Å². The summed E-state index contributed by atoms with van der Waals surface area (Å²) in [4.78, 5) is 20.8. The molecule has 6 nitrogen and oxygen atoms in total. The number of benzene rings is 1. The maximum absolute atomic E-state index is 10.9. The highest BCUT2D eigenvalue weighted by Crippen LogP contribution is 2.25. The zero-order valence-electron chi connectivity index (χ0n) is 9.32. The van der Waals surface area contributed by atoms with Crippen LogP contribution in [0.5, 0.6) is 0 Å². The number of aliphatic hydroxyl groups excluding tert-OH is 2. The van der Waals surface area contributed by atoms with Gasteiger partial charge >= 0.3 is 0 Å². The average Bonchev–Trinajstić information content (AvgIpc) is 2.37. The minimum atomic E-state index is -1.25. The highest BCUT2D eigenvalue weighted by Gasteiger charge is 2.22. The molecule has 0 spiro atoms. The van der Waals surface area contributed by atoms with Gasteiger partial charge in [0.15, 0.2) is 6.29 Å². The van der Waals surface area contributed by atoms with Gasteiger partial charge in [-0.05, 0) is 18.1 Å². The molecule has 0 amide bonds. The van der Waals surface area contributed by atoms with E-state index in [1.165, 1.54) is 12.1 Å². The quantitative estimate of drug-likeness (QED) is 0.359. The zero-order chi connectivity index (χ0) is 13.7. The predicted molar refractivity (Wildman–Crippen MR) is 67.9 cm³/mol. The smallest absolute Gasteiger partial charge is 0.270 e. The Morgan fingerprint density at radius 3 is 2.61 bits per heavy atom. The van der Waals surface area contributed by atoms with Gasteiger partial charge < -0.3 is 10.2 Å². The number of hydrogen-bond acceptors (Lipinski definition) is 5. The van der Waals surface area contributed by atoms with E-state index in [-0.39, 0.29) is 16.8 Å². The van der Waals surface area contributed by atoms with Gasteiger partial charge in [0.25, 0.3) is 5.69 Å². The second kappa shape index (κ2) is 6.58. The third-order valence-electron chi connectivity index (χ3n) is 2.50. The minimum absolute atomic E-state index is 0.00493. The number of nitro benzene ring substituents is 1. The lowest BCUT2D eigenvalue weighted by Gasteiger charge is -2.18. The molecule has 2 unspecified atom stereocenters. The number of hydrogen-bond donors (Lipinski definition) is 2. The minimum Gasteiger partial charge on any atom is -0.390 e. The Morgan fingerprint density at radius 2 is 2.11 bits per heavy atom. The molecule has 0 aliphatic carbocycles. The lowest BCUT2D eigenvalue weighted by molar-refractivity contribution is -0.384. The molecule has 1 aromatic carbocycles. The summed E-state index contributed by atoms with van der Waals surface area (Å²) in [5, 5.41) is 30.6. The molecule has 0 fully saturated rings. The van der Waals surface area contributed by atoms with Crippen LogP contribution in [-0.2, 0) is 0 Å². The van der Waals surface area contributed by atoms with Crippen molar-refractivity contribution in [2.24, 2.45) is 0 Å². The SMILES string of the molecule is O=Cc1cc([N+](=O)[O-])ccc1C(O)C(O)CCBr. The topological polar surface area (TPSA) is 101 Å². The van der Waals surface area contributed by atoms with Gasteiger partial charge in [-0.1, -0.05) is 15.9 Å². The van der Waals surface area contributed by atoms with Crippen molar-refractivity contribution in [3.8, 4) is 0 Å². The molecule has 0 bridgehead atoms. The van der Waals surface area contributed by atoms with E-state index in [1.807, 2.05) is 0 Å².